The maximum atomic E-state index is 8.73. The van der Waals surface area contributed by atoms with Crippen molar-refractivity contribution in [3.05, 3.63) is 34.7 Å². The van der Waals surface area contributed by atoms with Crippen LogP contribution in [0.15, 0.2) is 24.3 Å². The maximum absolute atomic E-state index is 8.73. The first kappa shape index (κ1) is 15.8. The molecular formula is C16H23NOS2. The molecule has 4 heteroatoms. The Labute approximate surface area is 129 Å². The number of thioether (sulfide) groups is 1. The fourth-order valence-corrected chi connectivity index (χ4v) is 4.35. The van der Waals surface area contributed by atoms with Gasteiger partial charge in [-0.15, -0.1) is 11.3 Å². The van der Waals surface area contributed by atoms with Gasteiger partial charge in [-0.3, -0.25) is 0 Å². The number of benzene rings is 1. The second kappa shape index (κ2) is 8.03. The third kappa shape index (κ3) is 3.98. The molecule has 0 radical (unpaired) electrons. The molecule has 0 spiro atoms. The number of aliphatic hydroxyl groups excluding tert-OH is 1. The molecule has 2 rings (SSSR count). The molecule has 1 atom stereocenters. The predicted octanol–water partition coefficient (Wildman–Crippen LogP) is 3.98. The van der Waals surface area contributed by atoms with Crippen molar-refractivity contribution < 1.29 is 5.11 Å². The lowest BCUT2D eigenvalue weighted by Gasteiger charge is -2.13. The van der Waals surface area contributed by atoms with Gasteiger partial charge in [0.15, 0.2) is 0 Å². The van der Waals surface area contributed by atoms with Gasteiger partial charge in [0.05, 0.1) is 0 Å². The van der Waals surface area contributed by atoms with Crippen LogP contribution in [0.3, 0.4) is 0 Å². The van der Waals surface area contributed by atoms with Crippen LogP contribution in [0.5, 0.6) is 0 Å². The van der Waals surface area contributed by atoms with E-state index in [9.17, 15) is 0 Å². The van der Waals surface area contributed by atoms with Crippen LogP contribution in [-0.4, -0.2) is 29.8 Å². The minimum absolute atomic E-state index is 0.303. The third-order valence-corrected chi connectivity index (χ3v) is 5.94. The van der Waals surface area contributed by atoms with Gasteiger partial charge >= 0.3 is 0 Å². The molecule has 0 saturated carbocycles. The van der Waals surface area contributed by atoms with Crippen molar-refractivity contribution in [2.24, 2.45) is 0 Å². The van der Waals surface area contributed by atoms with Gasteiger partial charge in [0.1, 0.15) is 0 Å². The summed E-state index contributed by atoms with van der Waals surface area (Å²) >= 11 is 3.81. The number of aliphatic hydroxyl groups is 1. The second-order valence-corrected chi connectivity index (χ2v) is 7.26. The number of hydrogen-bond donors (Lipinski definition) is 2. The largest absolute Gasteiger partial charge is 0.396 e. The van der Waals surface area contributed by atoms with Crippen molar-refractivity contribution in [3.8, 4) is 0 Å². The molecule has 2 N–H and O–H groups in total. The van der Waals surface area contributed by atoms with E-state index >= 15 is 0 Å². The molecule has 0 aliphatic heterocycles. The number of fused-ring (bicyclic) bond motifs is 1. The zero-order valence-corrected chi connectivity index (χ0v) is 13.8. The monoisotopic (exact) mass is 309 g/mol. The van der Waals surface area contributed by atoms with Gasteiger partial charge in [0, 0.05) is 34.5 Å². The average Bonchev–Trinajstić information content (AvgIpc) is 2.80. The van der Waals surface area contributed by atoms with Gasteiger partial charge in [0.25, 0.3) is 0 Å². The minimum Gasteiger partial charge on any atom is -0.396 e. The summed E-state index contributed by atoms with van der Waals surface area (Å²) in [5, 5.41) is 13.7. The molecule has 0 saturated heterocycles. The fourth-order valence-electron chi connectivity index (χ4n) is 2.32. The third-order valence-electron chi connectivity index (χ3n) is 3.42. The molecule has 0 amide bonds. The molecule has 2 nitrogen and oxygen atoms in total. The molecule has 1 unspecified atom stereocenters. The Bertz CT molecular complexity index is 538. The highest BCUT2D eigenvalue weighted by Gasteiger charge is 2.13. The van der Waals surface area contributed by atoms with Crippen LogP contribution in [0.4, 0.5) is 0 Å². The van der Waals surface area contributed by atoms with Crippen LogP contribution in [0.1, 0.15) is 29.8 Å². The van der Waals surface area contributed by atoms with E-state index in [1.54, 1.807) is 0 Å². The van der Waals surface area contributed by atoms with Crippen LogP contribution < -0.4 is 5.32 Å². The van der Waals surface area contributed by atoms with E-state index < -0.39 is 0 Å². The second-order valence-electron chi connectivity index (χ2n) is 4.95. The first-order valence-electron chi connectivity index (χ1n) is 7.14. The van der Waals surface area contributed by atoms with E-state index in [0.717, 1.165) is 24.5 Å². The summed E-state index contributed by atoms with van der Waals surface area (Å²) in [7, 11) is 0. The summed E-state index contributed by atoms with van der Waals surface area (Å²) in [5.74, 6) is 2.16. The molecule has 0 aliphatic rings. The van der Waals surface area contributed by atoms with Crippen LogP contribution in [0.2, 0.25) is 0 Å². The van der Waals surface area contributed by atoms with E-state index in [4.69, 9.17) is 5.11 Å². The van der Waals surface area contributed by atoms with E-state index in [0.29, 0.717) is 12.6 Å². The average molecular weight is 310 g/mol. The Morgan fingerprint density at radius 1 is 1.30 bits per heavy atom. The summed E-state index contributed by atoms with van der Waals surface area (Å²) in [6, 6.07) is 9.04. The summed E-state index contributed by atoms with van der Waals surface area (Å²) in [6.07, 6.45) is 0.898. The lowest BCUT2D eigenvalue weighted by Crippen LogP contribution is -2.21. The molecule has 0 aliphatic carbocycles. The zero-order chi connectivity index (χ0) is 14.4. The topological polar surface area (TPSA) is 32.3 Å². The van der Waals surface area contributed by atoms with Gasteiger partial charge in [0.2, 0.25) is 0 Å². The van der Waals surface area contributed by atoms with Crippen LogP contribution in [0.25, 0.3) is 10.1 Å². The van der Waals surface area contributed by atoms with Crippen molar-refractivity contribution in [2.75, 3.05) is 24.7 Å². The summed E-state index contributed by atoms with van der Waals surface area (Å²) in [5.41, 5.74) is 1.42. The van der Waals surface area contributed by atoms with E-state index in [1.807, 2.05) is 23.1 Å². The highest BCUT2D eigenvalue weighted by Crippen LogP contribution is 2.34. The Kier molecular flexibility index (Phi) is 6.36. The summed E-state index contributed by atoms with van der Waals surface area (Å²) in [4.78, 5) is 1.45. The zero-order valence-electron chi connectivity index (χ0n) is 12.2. The Morgan fingerprint density at radius 3 is 2.85 bits per heavy atom. The quantitative estimate of drug-likeness (QED) is 0.724. The van der Waals surface area contributed by atoms with Crippen LogP contribution >= 0.6 is 23.1 Å². The molecule has 1 aromatic heterocycles. The Balaban J connectivity index is 1.88. The minimum atomic E-state index is 0.303. The Hall–Kier alpha value is -0.550. The van der Waals surface area contributed by atoms with E-state index in [1.165, 1.54) is 20.5 Å². The number of aryl methyl sites for hydroxylation is 1. The number of thiophene rings is 1. The van der Waals surface area contributed by atoms with Gasteiger partial charge in [-0.1, -0.05) is 18.2 Å². The lowest BCUT2D eigenvalue weighted by molar-refractivity contribution is 0.296. The van der Waals surface area contributed by atoms with Gasteiger partial charge in [-0.05, 0) is 43.0 Å². The van der Waals surface area contributed by atoms with Crippen molar-refractivity contribution in [1.82, 2.24) is 5.32 Å². The van der Waals surface area contributed by atoms with E-state index in [-0.39, 0.29) is 0 Å². The molecule has 110 valence electrons. The van der Waals surface area contributed by atoms with Gasteiger partial charge < -0.3 is 10.4 Å². The van der Waals surface area contributed by atoms with Gasteiger partial charge in [-0.25, -0.2) is 0 Å². The molecule has 20 heavy (non-hydrogen) atoms. The fraction of sp³-hybridized carbons (Fsp3) is 0.500. The summed E-state index contributed by atoms with van der Waals surface area (Å²) in [6.45, 7) is 5.79. The highest BCUT2D eigenvalue weighted by molar-refractivity contribution is 7.99. The maximum Gasteiger partial charge on any atom is 0.0438 e. The van der Waals surface area contributed by atoms with Crippen molar-refractivity contribution in [2.45, 2.75) is 26.3 Å². The number of nitrogens with one attached hydrogen (secondary N) is 1. The molecule has 1 aromatic carbocycles. The normalized spacial score (nSPS) is 12.9. The SMILES string of the molecule is Cc1c(C(C)NCCSCCCO)sc2ccccc12. The van der Waals surface area contributed by atoms with Crippen molar-refractivity contribution >= 4 is 33.2 Å². The molecule has 2 aromatic rings. The van der Waals surface area contributed by atoms with Crippen LogP contribution in [-0.2, 0) is 0 Å². The molecular weight excluding hydrogens is 286 g/mol. The van der Waals surface area contributed by atoms with Crippen molar-refractivity contribution in [1.29, 1.82) is 0 Å². The predicted molar refractivity (Wildman–Crippen MR) is 92.0 cm³/mol. The Morgan fingerprint density at radius 2 is 2.10 bits per heavy atom. The summed E-state index contributed by atoms with van der Waals surface area (Å²) < 4.78 is 1.38. The highest BCUT2D eigenvalue weighted by atomic mass is 32.2. The molecule has 0 bridgehead atoms. The molecule has 1 heterocycles. The standard InChI is InChI=1S/C16H23NOS2/c1-12-14-6-3-4-7-15(14)20-16(12)13(2)17-8-11-19-10-5-9-18/h3-4,6-7,13,17-18H,5,8-11H2,1-2H3. The van der Waals surface area contributed by atoms with Crippen LogP contribution in [0, 0.1) is 6.92 Å². The van der Waals surface area contributed by atoms with E-state index in [2.05, 4.69) is 43.4 Å². The smallest absolute Gasteiger partial charge is 0.0438 e. The number of rotatable bonds is 8. The lowest BCUT2D eigenvalue weighted by atomic mass is 10.1. The molecule has 0 fully saturated rings. The van der Waals surface area contributed by atoms with Gasteiger partial charge in [-0.2, -0.15) is 11.8 Å². The van der Waals surface area contributed by atoms with Crippen molar-refractivity contribution in [3.63, 3.8) is 0 Å². The first-order valence-corrected chi connectivity index (χ1v) is 9.11. The first-order chi connectivity index (χ1) is 9.74. The number of hydrogen-bond acceptors (Lipinski definition) is 4.